The van der Waals surface area contributed by atoms with Gasteiger partial charge >= 0.3 is 5.97 Å². The van der Waals surface area contributed by atoms with Crippen molar-refractivity contribution in [3.05, 3.63) is 0 Å². The lowest BCUT2D eigenvalue weighted by Gasteiger charge is -2.12. The van der Waals surface area contributed by atoms with Crippen LogP contribution >= 0.6 is 0 Å². The summed E-state index contributed by atoms with van der Waals surface area (Å²) < 4.78 is 4.75. The first-order chi connectivity index (χ1) is 8.63. The summed E-state index contributed by atoms with van der Waals surface area (Å²) in [5.74, 6) is -0.488. The third-order valence-corrected chi connectivity index (χ3v) is 2.62. The Kier molecular flexibility index (Phi) is 10.6. The van der Waals surface area contributed by atoms with Gasteiger partial charge in [0.15, 0.2) is 0 Å². The highest BCUT2D eigenvalue weighted by Gasteiger charge is 2.13. The average Bonchev–Trinajstić information content (AvgIpc) is 2.38. The molecule has 0 aromatic heterocycles. The number of carbonyl (C=O) groups excluding carboxylic acids is 2. The average molecular weight is 260 g/mol. The van der Waals surface area contributed by atoms with E-state index in [4.69, 9.17) is 14.9 Å². The van der Waals surface area contributed by atoms with Gasteiger partial charge in [-0.3, -0.25) is 9.59 Å². The van der Waals surface area contributed by atoms with Crippen molar-refractivity contribution in [2.24, 2.45) is 0 Å². The molecule has 0 radical (unpaired) electrons. The van der Waals surface area contributed by atoms with Crippen LogP contribution in [0, 0.1) is 0 Å². The maximum Gasteiger partial charge on any atom is 0.306 e. The molecule has 0 atom stereocenters. The standard InChI is InChI=1S/C13H24O5/c1-2-3-4-5-6-11(16)7-8-13(17)18-12(9-14)10-15/h12,14-15H,2-10H2,1H3. The molecule has 0 aliphatic heterocycles. The SMILES string of the molecule is CCCCCCC(=O)CCC(=O)OC(CO)CO. The molecule has 0 spiro atoms. The summed E-state index contributed by atoms with van der Waals surface area (Å²) in [4.78, 5) is 22.7. The van der Waals surface area contributed by atoms with Gasteiger partial charge in [-0.25, -0.2) is 0 Å². The molecule has 0 saturated heterocycles. The zero-order valence-corrected chi connectivity index (χ0v) is 11.1. The Morgan fingerprint density at radius 3 is 2.22 bits per heavy atom. The Morgan fingerprint density at radius 2 is 1.67 bits per heavy atom. The van der Waals surface area contributed by atoms with Gasteiger partial charge < -0.3 is 14.9 Å². The van der Waals surface area contributed by atoms with Gasteiger partial charge in [0.25, 0.3) is 0 Å². The summed E-state index contributed by atoms with van der Waals surface area (Å²) in [6.45, 7) is 1.29. The molecule has 5 nitrogen and oxygen atoms in total. The van der Waals surface area contributed by atoms with Crippen molar-refractivity contribution in [1.29, 1.82) is 0 Å². The Hall–Kier alpha value is -0.940. The Balaban J connectivity index is 3.61. The highest BCUT2D eigenvalue weighted by Crippen LogP contribution is 2.06. The third kappa shape index (κ3) is 9.13. The third-order valence-electron chi connectivity index (χ3n) is 2.62. The first kappa shape index (κ1) is 17.1. The van der Waals surface area contributed by atoms with Crippen LogP contribution in [0.1, 0.15) is 51.9 Å². The molecule has 0 aliphatic rings. The van der Waals surface area contributed by atoms with Crippen LogP contribution in [-0.2, 0) is 14.3 Å². The molecule has 0 amide bonds. The minimum absolute atomic E-state index is 0.0170. The monoisotopic (exact) mass is 260 g/mol. The van der Waals surface area contributed by atoms with E-state index < -0.39 is 25.3 Å². The second-order valence-corrected chi connectivity index (χ2v) is 4.33. The zero-order valence-electron chi connectivity index (χ0n) is 11.1. The molecule has 0 saturated carbocycles. The van der Waals surface area contributed by atoms with Crippen molar-refractivity contribution in [3.63, 3.8) is 0 Å². The molecular weight excluding hydrogens is 236 g/mol. The van der Waals surface area contributed by atoms with Gasteiger partial charge in [0, 0.05) is 12.8 Å². The summed E-state index contributed by atoms with van der Waals surface area (Å²) in [5, 5.41) is 17.4. The molecule has 0 aliphatic carbocycles. The molecule has 0 bridgehead atoms. The van der Waals surface area contributed by atoms with Crippen LogP contribution in [0.25, 0.3) is 0 Å². The molecule has 5 heteroatoms. The van der Waals surface area contributed by atoms with Crippen LogP contribution < -0.4 is 0 Å². The van der Waals surface area contributed by atoms with Gasteiger partial charge in [-0.2, -0.15) is 0 Å². The van der Waals surface area contributed by atoms with Crippen molar-refractivity contribution >= 4 is 11.8 Å². The Bertz CT molecular complexity index is 236. The quantitative estimate of drug-likeness (QED) is 0.431. The molecule has 106 valence electrons. The fourth-order valence-electron chi connectivity index (χ4n) is 1.49. The predicted octanol–water partition coefficient (Wildman–Crippen LogP) is 1.20. The number of carbonyl (C=O) groups is 2. The van der Waals surface area contributed by atoms with Gasteiger partial charge in [-0.05, 0) is 6.42 Å². The van der Waals surface area contributed by atoms with Crippen LogP contribution in [-0.4, -0.2) is 41.3 Å². The Labute approximate surface area is 108 Å². The maximum absolute atomic E-state index is 11.4. The van der Waals surface area contributed by atoms with Crippen LogP contribution in [0.3, 0.4) is 0 Å². The summed E-state index contributed by atoms with van der Waals surface area (Å²) in [6.07, 6.45) is 4.00. The highest BCUT2D eigenvalue weighted by atomic mass is 16.6. The summed E-state index contributed by atoms with van der Waals surface area (Å²) in [7, 11) is 0. The summed E-state index contributed by atoms with van der Waals surface area (Å²) >= 11 is 0. The van der Waals surface area contributed by atoms with E-state index in [1.54, 1.807) is 0 Å². The number of hydrogen-bond donors (Lipinski definition) is 2. The topological polar surface area (TPSA) is 83.8 Å². The van der Waals surface area contributed by atoms with E-state index >= 15 is 0 Å². The predicted molar refractivity (Wildman–Crippen MR) is 67.1 cm³/mol. The van der Waals surface area contributed by atoms with E-state index in [0.29, 0.717) is 6.42 Å². The second kappa shape index (κ2) is 11.2. The summed E-state index contributed by atoms with van der Waals surface area (Å²) in [5.41, 5.74) is 0. The van der Waals surface area contributed by atoms with Gasteiger partial charge in [-0.1, -0.05) is 26.2 Å². The fraction of sp³-hybridized carbons (Fsp3) is 0.846. The number of aliphatic hydroxyl groups is 2. The van der Waals surface area contributed by atoms with E-state index in [-0.39, 0.29) is 18.6 Å². The molecule has 0 heterocycles. The first-order valence-electron chi connectivity index (χ1n) is 6.56. The van der Waals surface area contributed by atoms with Crippen molar-refractivity contribution in [2.75, 3.05) is 13.2 Å². The van der Waals surface area contributed by atoms with Crippen LogP contribution in [0.15, 0.2) is 0 Å². The van der Waals surface area contributed by atoms with Gasteiger partial charge in [0.1, 0.15) is 11.9 Å². The molecule has 0 aromatic carbocycles. The molecule has 18 heavy (non-hydrogen) atoms. The van der Waals surface area contributed by atoms with Crippen molar-refractivity contribution in [3.8, 4) is 0 Å². The van der Waals surface area contributed by atoms with Gasteiger partial charge in [0.2, 0.25) is 0 Å². The minimum Gasteiger partial charge on any atom is -0.457 e. The van der Waals surface area contributed by atoms with E-state index in [2.05, 4.69) is 6.92 Å². The number of rotatable bonds is 11. The molecule has 0 rings (SSSR count). The van der Waals surface area contributed by atoms with Crippen molar-refractivity contribution < 1.29 is 24.5 Å². The van der Waals surface area contributed by atoms with E-state index in [1.807, 2.05) is 0 Å². The van der Waals surface area contributed by atoms with Crippen LogP contribution in [0.5, 0.6) is 0 Å². The lowest BCUT2D eigenvalue weighted by Crippen LogP contribution is -2.25. The number of aliphatic hydroxyl groups excluding tert-OH is 2. The molecular formula is C13H24O5. The lowest BCUT2D eigenvalue weighted by molar-refractivity contribution is -0.154. The molecule has 0 aromatic rings. The number of Topliss-reactive ketones (excluding diaryl/α,β-unsaturated/α-hetero) is 1. The largest absolute Gasteiger partial charge is 0.457 e. The van der Waals surface area contributed by atoms with Gasteiger partial charge in [-0.15, -0.1) is 0 Å². The minimum atomic E-state index is -0.878. The van der Waals surface area contributed by atoms with Crippen LogP contribution in [0.2, 0.25) is 0 Å². The number of esters is 1. The lowest BCUT2D eigenvalue weighted by atomic mass is 10.1. The number of ether oxygens (including phenoxy) is 1. The van der Waals surface area contributed by atoms with Gasteiger partial charge in [0.05, 0.1) is 19.6 Å². The zero-order chi connectivity index (χ0) is 13.8. The maximum atomic E-state index is 11.4. The smallest absolute Gasteiger partial charge is 0.306 e. The molecule has 0 fully saturated rings. The van der Waals surface area contributed by atoms with E-state index in [1.165, 1.54) is 0 Å². The number of ketones is 1. The summed E-state index contributed by atoms with van der Waals surface area (Å²) in [6, 6.07) is 0. The number of hydrogen-bond acceptors (Lipinski definition) is 5. The fourth-order valence-corrected chi connectivity index (χ4v) is 1.49. The molecule has 2 N–H and O–H groups in total. The normalized spacial score (nSPS) is 10.7. The second-order valence-electron chi connectivity index (χ2n) is 4.33. The highest BCUT2D eigenvalue weighted by molar-refractivity contribution is 5.82. The first-order valence-corrected chi connectivity index (χ1v) is 6.56. The number of unbranched alkanes of at least 4 members (excludes halogenated alkanes) is 3. The van der Waals surface area contributed by atoms with Crippen LogP contribution in [0.4, 0.5) is 0 Å². The molecule has 0 unspecified atom stereocenters. The van der Waals surface area contributed by atoms with E-state index in [0.717, 1.165) is 25.7 Å². The van der Waals surface area contributed by atoms with E-state index in [9.17, 15) is 9.59 Å². The van der Waals surface area contributed by atoms with Crippen molar-refractivity contribution in [2.45, 2.75) is 58.0 Å². The van der Waals surface area contributed by atoms with Crippen molar-refractivity contribution in [1.82, 2.24) is 0 Å². The Morgan fingerprint density at radius 1 is 1.00 bits per heavy atom.